The summed E-state index contributed by atoms with van der Waals surface area (Å²) in [7, 11) is 0. The minimum Gasteiger partial charge on any atom is -0.311 e. The number of nitrogens with zero attached hydrogens (tertiary/aromatic N) is 1. The predicted octanol–water partition coefficient (Wildman–Crippen LogP) is 1.86. The van der Waals surface area contributed by atoms with Crippen molar-refractivity contribution in [3.05, 3.63) is 0 Å². The van der Waals surface area contributed by atoms with Crippen molar-refractivity contribution in [2.45, 2.75) is 45.1 Å². The first-order valence-corrected chi connectivity index (χ1v) is 6.77. The summed E-state index contributed by atoms with van der Waals surface area (Å²) in [4.78, 5) is 2.73. The van der Waals surface area contributed by atoms with Crippen molar-refractivity contribution < 1.29 is 0 Å². The van der Waals surface area contributed by atoms with Crippen molar-refractivity contribution in [1.29, 1.82) is 0 Å². The summed E-state index contributed by atoms with van der Waals surface area (Å²) in [5, 5.41) is 3.69. The molecule has 2 nitrogen and oxygen atoms in total. The number of nitrogens with one attached hydrogen (secondary N) is 1. The van der Waals surface area contributed by atoms with Crippen LogP contribution in [0.15, 0.2) is 0 Å². The molecule has 1 saturated heterocycles. The van der Waals surface area contributed by atoms with E-state index < -0.39 is 0 Å². The fraction of sp³-hybridized carbons (Fsp3) is 1.00. The highest BCUT2D eigenvalue weighted by Crippen LogP contribution is 2.49. The van der Waals surface area contributed by atoms with Crippen LogP contribution in [0.5, 0.6) is 0 Å². The van der Waals surface area contributed by atoms with Gasteiger partial charge < -0.3 is 5.32 Å². The van der Waals surface area contributed by atoms with Crippen LogP contribution < -0.4 is 5.32 Å². The quantitative estimate of drug-likeness (QED) is 0.758. The zero-order chi connectivity index (χ0) is 10.3. The van der Waals surface area contributed by atoms with Crippen molar-refractivity contribution in [3.63, 3.8) is 0 Å². The van der Waals surface area contributed by atoms with Crippen molar-refractivity contribution in [2.24, 2.45) is 11.3 Å². The van der Waals surface area contributed by atoms with Gasteiger partial charge in [0, 0.05) is 32.2 Å². The summed E-state index contributed by atoms with van der Waals surface area (Å²) in [6.45, 7) is 7.58. The van der Waals surface area contributed by atoms with E-state index in [1.54, 1.807) is 0 Å². The molecule has 1 heterocycles. The number of hydrogen-bond donors (Lipinski definition) is 1. The molecule has 3 fully saturated rings. The van der Waals surface area contributed by atoms with E-state index in [9.17, 15) is 0 Å². The van der Waals surface area contributed by atoms with Gasteiger partial charge in [-0.05, 0) is 43.4 Å². The molecule has 0 bridgehead atoms. The highest BCUT2D eigenvalue weighted by molar-refractivity contribution is 4.97. The Hall–Kier alpha value is -0.0800. The molecule has 2 aliphatic carbocycles. The van der Waals surface area contributed by atoms with Crippen LogP contribution in [0.3, 0.4) is 0 Å². The monoisotopic (exact) mass is 208 g/mol. The van der Waals surface area contributed by atoms with Gasteiger partial charge >= 0.3 is 0 Å². The summed E-state index contributed by atoms with van der Waals surface area (Å²) < 4.78 is 0. The number of hydrogen-bond acceptors (Lipinski definition) is 2. The van der Waals surface area contributed by atoms with Crippen molar-refractivity contribution in [3.8, 4) is 0 Å². The Labute approximate surface area is 93.4 Å². The zero-order valence-corrected chi connectivity index (χ0v) is 9.97. The Balaban J connectivity index is 1.52. The summed E-state index contributed by atoms with van der Waals surface area (Å²) in [6, 6.07) is 0.825. The molecule has 1 aliphatic heterocycles. The Kier molecular flexibility index (Phi) is 2.52. The number of piperazine rings is 1. The molecule has 0 radical (unpaired) electrons. The topological polar surface area (TPSA) is 15.3 Å². The first kappa shape index (κ1) is 10.1. The lowest BCUT2D eigenvalue weighted by molar-refractivity contribution is 0.155. The van der Waals surface area contributed by atoms with Gasteiger partial charge in [-0.2, -0.15) is 0 Å². The third kappa shape index (κ3) is 2.21. The van der Waals surface area contributed by atoms with E-state index in [-0.39, 0.29) is 0 Å². The maximum absolute atomic E-state index is 3.69. The third-order valence-electron chi connectivity index (χ3n) is 4.75. The first-order valence-electron chi connectivity index (χ1n) is 6.77. The van der Waals surface area contributed by atoms with E-state index in [1.807, 2.05) is 0 Å². The summed E-state index contributed by atoms with van der Waals surface area (Å²) in [5.41, 5.74) is 0.742. The van der Waals surface area contributed by atoms with E-state index in [4.69, 9.17) is 0 Å². The molecule has 0 aromatic rings. The van der Waals surface area contributed by atoms with Crippen LogP contribution in [0, 0.1) is 11.3 Å². The lowest BCUT2D eigenvalue weighted by Gasteiger charge is -2.36. The fourth-order valence-corrected chi connectivity index (χ4v) is 3.07. The standard InChI is InChI=1S/C13H24N2/c1-2-13(5-6-13)10-15-8-7-14-12(9-15)11-3-4-11/h11-12,14H,2-10H2,1H3. The average Bonchev–Trinajstić information content (AvgIpc) is 3.14. The normalized spacial score (nSPS) is 35.4. The number of rotatable bonds is 4. The summed E-state index contributed by atoms with van der Waals surface area (Å²) in [5.74, 6) is 1.02. The van der Waals surface area contributed by atoms with Crippen LogP contribution >= 0.6 is 0 Å². The molecule has 3 aliphatic rings. The van der Waals surface area contributed by atoms with E-state index in [0.717, 1.165) is 17.4 Å². The largest absolute Gasteiger partial charge is 0.311 e. The Morgan fingerprint density at radius 2 is 2.13 bits per heavy atom. The van der Waals surface area contributed by atoms with Gasteiger partial charge in [-0.15, -0.1) is 0 Å². The average molecular weight is 208 g/mol. The van der Waals surface area contributed by atoms with Gasteiger partial charge in [0.05, 0.1) is 0 Å². The van der Waals surface area contributed by atoms with Crippen LogP contribution in [-0.2, 0) is 0 Å². The molecule has 0 aromatic carbocycles. The first-order chi connectivity index (χ1) is 7.31. The predicted molar refractivity (Wildman–Crippen MR) is 62.9 cm³/mol. The second kappa shape index (κ2) is 3.74. The van der Waals surface area contributed by atoms with Crippen LogP contribution in [0.25, 0.3) is 0 Å². The Bertz CT molecular complexity index is 231. The molecule has 15 heavy (non-hydrogen) atoms. The SMILES string of the molecule is CCC1(CN2CCNC(C3CC3)C2)CC1. The molecule has 86 valence electrons. The molecule has 2 heteroatoms. The summed E-state index contributed by atoms with van der Waals surface area (Å²) >= 11 is 0. The molecule has 1 unspecified atom stereocenters. The van der Waals surface area contributed by atoms with Gasteiger partial charge in [-0.3, -0.25) is 4.90 Å². The minimum absolute atomic E-state index is 0.742. The smallest absolute Gasteiger partial charge is 0.0223 e. The van der Waals surface area contributed by atoms with E-state index >= 15 is 0 Å². The summed E-state index contributed by atoms with van der Waals surface area (Å²) in [6.07, 6.45) is 7.32. The molecule has 0 amide bonds. The molecule has 1 atom stereocenters. The third-order valence-corrected chi connectivity index (χ3v) is 4.75. The Morgan fingerprint density at radius 3 is 2.73 bits per heavy atom. The van der Waals surface area contributed by atoms with Crippen molar-refractivity contribution in [1.82, 2.24) is 10.2 Å². The van der Waals surface area contributed by atoms with E-state index in [2.05, 4.69) is 17.1 Å². The molecular weight excluding hydrogens is 184 g/mol. The molecule has 3 rings (SSSR count). The minimum atomic E-state index is 0.742. The van der Waals surface area contributed by atoms with Crippen LogP contribution in [-0.4, -0.2) is 37.1 Å². The maximum Gasteiger partial charge on any atom is 0.0223 e. The molecule has 0 spiro atoms. The van der Waals surface area contributed by atoms with Gasteiger partial charge in [0.25, 0.3) is 0 Å². The van der Waals surface area contributed by atoms with E-state index in [1.165, 1.54) is 58.3 Å². The second-order valence-corrected chi connectivity index (χ2v) is 5.99. The van der Waals surface area contributed by atoms with Gasteiger partial charge in [0.2, 0.25) is 0 Å². The zero-order valence-electron chi connectivity index (χ0n) is 9.97. The molecule has 1 N–H and O–H groups in total. The van der Waals surface area contributed by atoms with Crippen LogP contribution in [0.2, 0.25) is 0 Å². The van der Waals surface area contributed by atoms with Crippen molar-refractivity contribution >= 4 is 0 Å². The highest BCUT2D eigenvalue weighted by atomic mass is 15.2. The molecular formula is C13H24N2. The Morgan fingerprint density at radius 1 is 1.33 bits per heavy atom. The van der Waals surface area contributed by atoms with Crippen LogP contribution in [0.4, 0.5) is 0 Å². The van der Waals surface area contributed by atoms with Crippen LogP contribution in [0.1, 0.15) is 39.0 Å². The van der Waals surface area contributed by atoms with Gasteiger partial charge in [0.15, 0.2) is 0 Å². The lowest BCUT2D eigenvalue weighted by Crippen LogP contribution is -2.52. The molecule has 0 aromatic heterocycles. The fourth-order valence-electron chi connectivity index (χ4n) is 3.07. The van der Waals surface area contributed by atoms with E-state index in [0.29, 0.717) is 0 Å². The highest BCUT2D eigenvalue weighted by Gasteiger charge is 2.43. The molecule has 2 saturated carbocycles. The van der Waals surface area contributed by atoms with Gasteiger partial charge in [-0.1, -0.05) is 6.92 Å². The van der Waals surface area contributed by atoms with Crippen molar-refractivity contribution in [2.75, 3.05) is 26.2 Å². The lowest BCUT2D eigenvalue weighted by atomic mass is 10.0. The second-order valence-electron chi connectivity index (χ2n) is 5.99. The van der Waals surface area contributed by atoms with Gasteiger partial charge in [-0.25, -0.2) is 0 Å². The maximum atomic E-state index is 3.69. The van der Waals surface area contributed by atoms with Gasteiger partial charge in [0.1, 0.15) is 0 Å².